The second-order valence-corrected chi connectivity index (χ2v) is 5.53. The van der Waals surface area contributed by atoms with Crippen LogP contribution >= 0.6 is 0 Å². The summed E-state index contributed by atoms with van der Waals surface area (Å²) in [4.78, 5) is 8.85. The SMILES string of the molecule is COc1cc(Nc2cc(C)nc(NCc3ccccc3)n2)ccc1F. The molecule has 1 heterocycles. The third-order valence-corrected chi connectivity index (χ3v) is 3.57. The summed E-state index contributed by atoms with van der Waals surface area (Å²) in [5.74, 6) is 0.924. The number of anilines is 3. The van der Waals surface area contributed by atoms with E-state index in [4.69, 9.17) is 4.74 Å². The first kappa shape index (κ1) is 16.7. The van der Waals surface area contributed by atoms with Gasteiger partial charge in [0, 0.05) is 30.1 Å². The number of nitrogens with one attached hydrogen (secondary N) is 2. The van der Waals surface area contributed by atoms with E-state index in [-0.39, 0.29) is 5.75 Å². The lowest BCUT2D eigenvalue weighted by Gasteiger charge is -2.11. The smallest absolute Gasteiger partial charge is 0.225 e. The molecule has 0 saturated carbocycles. The lowest BCUT2D eigenvalue weighted by atomic mass is 10.2. The molecule has 6 heteroatoms. The van der Waals surface area contributed by atoms with Gasteiger partial charge in [-0.25, -0.2) is 9.37 Å². The summed E-state index contributed by atoms with van der Waals surface area (Å²) in [7, 11) is 1.43. The maximum absolute atomic E-state index is 13.5. The van der Waals surface area contributed by atoms with Crippen LogP contribution in [0.5, 0.6) is 5.75 Å². The third-order valence-electron chi connectivity index (χ3n) is 3.57. The number of nitrogens with zero attached hydrogens (tertiary/aromatic N) is 2. The van der Waals surface area contributed by atoms with E-state index in [1.54, 1.807) is 12.1 Å². The molecule has 0 atom stereocenters. The fourth-order valence-electron chi connectivity index (χ4n) is 2.37. The largest absolute Gasteiger partial charge is 0.494 e. The Labute approximate surface area is 145 Å². The molecule has 0 aliphatic heterocycles. The molecule has 0 aliphatic rings. The van der Waals surface area contributed by atoms with Gasteiger partial charge in [-0.15, -0.1) is 0 Å². The molecule has 3 rings (SSSR count). The van der Waals surface area contributed by atoms with Crippen LogP contribution in [0.1, 0.15) is 11.3 Å². The van der Waals surface area contributed by atoms with Gasteiger partial charge in [0.2, 0.25) is 5.95 Å². The normalized spacial score (nSPS) is 10.4. The highest BCUT2D eigenvalue weighted by atomic mass is 19.1. The molecule has 2 aromatic carbocycles. The van der Waals surface area contributed by atoms with Gasteiger partial charge in [-0.05, 0) is 24.6 Å². The minimum Gasteiger partial charge on any atom is -0.494 e. The third kappa shape index (κ3) is 4.44. The molecular formula is C19H19FN4O. The first-order valence-corrected chi connectivity index (χ1v) is 7.88. The molecular weight excluding hydrogens is 319 g/mol. The number of rotatable bonds is 6. The fraction of sp³-hybridized carbons (Fsp3) is 0.158. The average Bonchev–Trinajstić information content (AvgIpc) is 2.62. The van der Waals surface area contributed by atoms with Gasteiger partial charge in [0.1, 0.15) is 5.82 Å². The van der Waals surface area contributed by atoms with Crippen LogP contribution in [0.2, 0.25) is 0 Å². The zero-order chi connectivity index (χ0) is 17.6. The summed E-state index contributed by atoms with van der Waals surface area (Å²) in [6, 6.07) is 16.4. The Kier molecular flexibility index (Phi) is 5.09. The van der Waals surface area contributed by atoms with Crippen LogP contribution < -0.4 is 15.4 Å². The van der Waals surface area contributed by atoms with Crippen LogP contribution in [0, 0.1) is 12.7 Å². The Bertz CT molecular complexity index is 855. The van der Waals surface area contributed by atoms with Gasteiger partial charge >= 0.3 is 0 Å². The van der Waals surface area contributed by atoms with Crippen molar-refractivity contribution in [2.75, 3.05) is 17.7 Å². The molecule has 1 aromatic heterocycles. The summed E-state index contributed by atoms with van der Waals surface area (Å²) in [5, 5.41) is 6.36. The van der Waals surface area contributed by atoms with E-state index < -0.39 is 5.82 Å². The van der Waals surface area contributed by atoms with Crippen LogP contribution in [0.25, 0.3) is 0 Å². The second-order valence-electron chi connectivity index (χ2n) is 5.53. The van der Waals surface area contributed by atoms with Crippen molar-refractivity contribution >= 4 is 17.5 Å². The zero-order valence-corrected chi connectivity index (χ0v) is 14.1. The number of halogens is 1. The van der Waals surface area contributed by atoms with Crippen LogP contribution in [-0.2, 0) is 6.54 Å². The van der Waals surface area contributed by atoms with Gasteiger partial charge in [0.05, 0.1) is 7.11 Å². The lowest BCUT2D eigenvalue weighted by molar-refractivity contribution is 0.387. The second kappa shape index (κ2) is 7.61. The van der Waals surface area contributed by atoms with Crippen LogP contribution in [0.3, 0.4) is 0 Å². The molecule has 0 aliphatic carbocycles. The van der Waals surface area contributed by atoms with Gasteiger partial charge in [-0.2, -0.15) is 4.98 Å². The molecule has 0 spiro atoms. The number of benzene rings is 2. The monoisotopic (exact) mass is 338 g/mol. The standard InChI is InChI=1S/C19H19FN4O/c1-13-10-18(23-15-8-9-16(20)17(11-15)25-2)24-19(22-13)21-12-14-6-4-3-5-7-14/h3-11H,12H2,1-2H3,(H2,21,22,23,24). The molecule has 0 amide bonds. The molecule has 0 bridgehead atoms. The molecule has 25 heavy (non-hydrogen) atoms. The highest BCUT2D eigenvalue weighted by Crippen LogP contribution is 2.24. The molecule has 0 radical (unpaired) electrons. The van der Waals surface area contributed by atoms with Gasteiger partial charge < -0.3 is 15.4 Å². The fourth-order valence-corrected chi connectivity index (χ4v) is 2.37. The summed E-state index contributed by atoms with van der Waals surface area (Å²) in [6.07, 6.45) is 0. The Hall–Kier alpha value is -3.15. The number of hydrogen-bond acceptors (Lipinski definition) is 5. The topological polar surface area (TPSA) is 59.1 Å². The van der Waals surface area contributed by atoms with Crippen molar-refractivity contribution < 1.29 is 9.13 Å². The van der Waals surface area contributed by atoms with E-state index in [9.17, 15) is 4.39 Å². The van der Waals surface area contributed by atoms with Crippen molar-refractivity contribution in [1.29, 1.82) is 0 Å². The number of ether oxygens (including phenoxy) is 1. The average molecular weight is 338 g/mol. The minimum atomic E-state index is -0.405. The summed E-state index contributed by atoms with van der Waals surface area (Å²) in [6.45, 7) is 2.53. The van der Waals surface area contributed by atoms with Crippen molar-refractivity contribution in [1.82, 2.24) is 9.97 Å². The van der Waals surface area contributed by atoms with E-state index >= 15 is 0 Å². The highest BCUT2D eigenvalue weighted by Gasteiger charge is 2.06. The predicted molar refractivity (Wildman–Crippen MR) is 96.8 cm³/mol. The molecule has 0 saturated heterocycles. The van der Waals surface area contributed by atoms with Gasteiger partial charge in [0.15, 0.2) is 11.6 Å². The molecule has 5 nitrogen and oxygen atoms in total. The number of aryl methyl sites for hydroxylation is 1. The Morgan fingerprint density at radius 2 is 1.84 bits per heavy atom. The minimum absolute atomic E-state index is 0.179. The Morgan fingerprint density at radius 3 is 2.60 bits per heavy atom. The van der Waals surface area contributed by atoms with Crippen LogP contribution in [0.15, 0.2) is 54.6 Å². The lowest BCUT2D eigenvalue weighted by Crippen LogP contribution is -2.06. The van der Waals surface area contributed by atoms with Gasteiger partial charge in [-0.1, -0.05) is 30.3 Å². The van der Waals surface area contributed by atoms with Crippen molar-refractivity contribution in [3.05, 3.63) is 71.7 Å². The van der Waals surface area contributed by atoms with Crippen molar-refractivity contribution in [3.8, 4) is 5.75 Å². The van der Waals surface area contributed by atoms with Crippen LogP contribution in [-0.4, -0.2) is 17.1 Å². The maximum atomic E-state index is 13.5. The Balaban J connectivity index is 1.75. The van der Waals surface area contributed by atoms with E-state index in [0.717, 1.165) is 11.3 Å². The van der Waals surface area contributed by atoms with Crippen molar-refractivity contribution in [2.45, 2.75) is 13.5 Å². The molecule has 3 aromatic rings. The van der Waals surface area contributed by atoms with E-state index in [1.165, 1.54) is 13.2 Å². The number of aromatic nitrogens is 2. The zero-order valence-electron chi connectivity index (χ0n) is 14.1. The maximum Gasteiger partial charge on any atom is 0.225 e. The number of methoxy groups -OCH3 is 1. The Morgan fingerprint density at radius 1 is 1.04 bits per heavy atom. The first-order chi connectivity index (χ1) is 12.1. The molecule has 0 unspecified atom stereocenters. The molecule has 0 fully saturated rings. The van der Waals surface area contributed by atoms with Crippen LogP contribution in [0.4, 0.5) is 21.8 Å². The van der Waals surface area contributed by atoms with E-state index in [1.807, 2.05) is 43.3 Å². The summed E-state index contributed by atoms with van der Waals surface area (Å²) < 4.78 is 18.5. The van der Waals surface area contributed by atoms with Gasteiger partial charge in [0.25, 0.3) is 0 Å². The first-order valence-electron chi connectivity index (χ1n) is 7.88. The van der Waals surface area contributed by atoms with E-state index in [0.29, 0.717) is 24.0 Å². The van der Waals surface area contributed by atoms with E-state index in [2.05, 4.69) is 20.6 Å². The summed E-state index contributed by atoms with van der Waals surface area (Å²) >= 11 is 0. The summed E-state index contributed by atoms with van der Waals surface area (Å²) in [5.41, 5.74) is 2.65. The number of hydrogen-bond donors (Lipinski definition) is 2. The van der Waals surface area contributed by atoms with Crippen molar-refractivity contribution in [2.24, 2.45) is 0 Å². The van der Waals surface area contributed by atoms with Gasteiger partial charge in [-0.3, -0.25) is 0 Å². The van der Waals surface area contributed by atoms with Crippen molar-refractivity contribution in [3.63, 3.8) is 0 Å². The highest BCUT2D eigenvalue weighted by molar-refractivity contribution is 5.59. The molecule has 128 valence electrons. The molecule has 2 N–H and O–H groups in total. The predicted octanol–water partition coefficient (Wildman–Crippen LogP) is 4.29. The quantitative estimate of drug-likeness (QED) is 0.702.